The molecule has 0 atom stereocenters. The number of hydrogen-bond acceptors (Lipinski definition) is 2. The summed E-state index contributed by atoms with van der Waals surface area (Å²) >= 11 is 0. The van der Waals surface area contributed by atoms with Gasteiger partial charge in [-0.3, -0.25) is 0 Å². The fourth-order valence-electron chi connectivity index (χ4n) is 5.57. The van der Waals surface area contributed by atoms with Gasteiger partial charge >= 0.3 is 0 Å². The molecular weight excluding hydrogens is 734 g/mol. The molecule has 0 aliphatic rings. The second kappa shape index (κ2) is 30.0. The molecule has 0 spiro atoms. The Morgan fingerprint density at radius 3 is 1.00 bits per heavy atom. The average molecular weight is 811 g/mol. The van der Waals surface area contributed by atoms with Gasteiger partial charge in [0.25, 0.3) is 0 Å². The lowest BCUT2D eigenvalue weighted by Crippen LogP contribution is -3.00. The summed E-state index contributed by atoms with van der Waals surface area (Å²) in [4.78, 5) is 0. The maximum Gasteiger partial charge on any atom is 0.0780 e. The van der Waals surface area contributed by atoms with E-state index >= 15 is 0 Å². The molecule has 252 valence electrons. The van der Waals surface area contributed by atoms with Crippen molar-refractivity contribution >= 4 is 0 Å². The van der Waals surface area contributed by atoms with E-state index in [9.17, 15) is 0 Å². The van der Waals surface area contributed by atoms with E-state index in [-0.39, 0.29) is 53.4 Å². The number of halogens is 2. The first-order chi connectivity index (χ1) is 18.5. The van der Waals surface area contributed by atoms with Crippen molar-refractivity contribution in [3.8, 4) is 0 Å². The zero-order valence-electron chi connectivity index (χ0n) is 29.4. The predicted octanol–water partition coefficient (Wildman–Crippen LogP) is 3.27. The summed E-state index contributed by atoms with van der Waals surface area (Å²) < 4.78 is 15.0. The van der Waals surface area contributed by atoms with Gasteiger partial charge in [-0.15, -0.1) is 0 Å². The SMILES string of the molecule is CCCCCCCCCCOCC(CCC[N+](C)(C)C)(CCC[N+](C)(C)C)COCCCCCCCCCC.[I-].[I-]. The first-order valence-corrected chi connectivity index (χ1v) is 17.3. The van der Waals surface area contributed by atoms with Crippen molar-refractivity contribution in [2.24, 2.45) is 5.41 Å². The molecule has 41 heavy (non-hydrogen) atoms. The number of ether oxygens (including phenoxy) is 2. The van der Waals surface area contributed by atoms with Gasteiger partial charge in [-0.25, -0.2) is 0 Å². The van der Waals surface area contributed by atoms with Crippen LogP contribution in [0.5, 0.6) is 0 Å². The van der Waals surface area contributed by atoms with Crippen molar-refractivity contribution in [2.45, 2.75) is 142 Å². The second-order valence-electron chi connectivity index (χ2n) is 14.8. The van der Waals surface area contributed by atoms with Gasteiger partial charge in [0.15, 0.2) is 0 Å². The summed E-state index contributed by atoms with van der Waals surface area (Å²) in [5.74, 6) is 0. The minimum Gasteiger partial charge on any atom is -1.00 e. The van der Waals surface area contributed by atoms with Gasteiger partial charge in [0.2, 0.25) is 0 Å². The first kappa shape index (κ1) is 46.7. The fraction of sp³-hybridized carbons (Fsp3) is 1.00. The lowest BCUT2D eigenvalue weighted by atomic mass is 9.80. The predicted molar refractivity (Wildman–Crippen MR) is 174 cm³/mol. The van der Waals surface area contributed by atoms with Gasteiger partial charge in [-0.1, -0.05) is 104 Å². The highest BCUT2D eigenvalue weighted by Crippen LogP contribution is 2.32. The Bertz CT molecular complexity index is 475. The van der Waals surface area contributed by atoms with E-state index in [1.165, 1.54) is 142 Å². The molecule has 0 bridgehead atoms. The Kier molecular flexibility index (Phi) is 34.2. The number of rotatable bonds is 30. The van der Waals surface area contributed by atoms with Crippen molar-refractivity contribution in [1.29, 1.82) is 0 Å². The first-order valence-electron chi connectivity index (χ1n) is 17.3. The minimum absolute atomic E-state index is 0. The molecule has 0 fully saturated rings. The van der Waals surface area contributed by atoms with Crippen LogP contribution in [0.1, 0.15) is 142 Å². The summed E-state index contributed by atoms with van der Waals surface area (Å²) in [5, 5.41) is 0. The lowest BCUT2D eigenvalue weighted by Gasteiger charge is -2.36. The third-order valence-electron chi connectivity index (χ3n) is 8.17. The van der Waals surface area contributed by atoms with Crippen LogP contribution in [-0.4, -0.2) is 90.8 Å². The molecule has 0 rings (SSSR count). The standard InChI is InChI=1S/C35H76N2O2.2HI/c1-9-11-13-15-17-19-21-23-31-38-33-35(27-25-29-36(3,4)5,28-26-30-37(6,7)8)34-39-32-24-22-20-18-16-14-12-10-2;;/h9-34H2,1-8H3;2*1H/q+2;;/p-2. The molecule has 0 aromatic carbocycles. The van der Waals surface area contributed by atoms with Gasteiger partial charge in [0, 0.05) is 18.6 Å². The topological polar surface area (TPSA) is 18.5 Å². The molecular formula is C35H76I2N2O2. The van der Waals surface area contributed by atoms with Gasteiger partial charge in [0.1, 0.15) is 0 Å². The third kappa shape index (κ3) is 34.0. The molecule has 0 heterocycles. The summed E-state index contributed by atoms with van der Waals surface area (Å²) in [6, 6.07) is 0. The quantitative estimate of drug-likeness (QED) is 0.0631. The Balaban J connectivity index is -0.00000722. The van der Waals surface area contributed by atoms with E-state index in [1.54, 1.807) is 0 Å². The van der Waals surface area contributed by atoms with Crippen LogP contribution in [0.2, 0.25) is 0 Å². The van der Waals surface area contributed by atoms with Crippen molar-refractivity contribution < 1.29 is 66.4 Å². The van der Waals surface area contributed by atoms with E-state index in [4.69, 9.17) is 9.47 Å². The van der Waals surface area contributed by atoms with Gasteiger partial charge in [0.05, 0.1) is 68.6 Å². The highest BCUT2D eigenvalue weighted by molar-refractivity contribution is 4.80. The number of hydrogen-bond donors (Lipinski definition) is 0. The fourth-order valence-corrected chi connectivity index (χ4v) is 5.57. The van der Waals surface area contributed by atoms with Crippen LogP contribution in [-0.2, 0) is 9.47 Å². The summed E-state index contributed by atoms with van der Waals surface area (Å²) in [7, 11) is 13.9. The summed E-state index contributed by atoms with van der Waals surface area (Å²) in [6.07, 6.45) is 26.6. The molecule has 0 aliphatic heterocycles. The smallest absolute Gasteiger partial charge is 0.0780 e. The van der Waals surface area contributed by atoms with Crippen LogP contribution in [0.4, 0.5) is 0 Å². The maximum atomic E-state index is 6.46. The average Bonchev–Trinajstić information content (AvgIpc) is 2.84. The van der Waals surface area contributed by atoms with Crippen LogP contribution in [0, 0.1) is 5.41 Å². The molecule has 0 aromatic rings. The molecule has 6 heteroatoms. The molecule has 0 saturated carbocycles. The number of quaternary nitrogens is 2. The Morgan fingerprint density at radius 1 is 0.415 bits per heavy atom. The molecule has 0 unspecified atom stereocenters. The van der Waals surface area contributed by atoms with Crippen LogP contribution in [0.25, 0.3) is 0 Å². The maximum absolute atomic E-state index is 6.46. The van der Waals surface area contributed by atoms with E-state index in [1.807, 2.05) is 0 Å². The Hall–Kier alpha value is 1.30. The van der Waals surface area contributed by atoms with Crippen LogP contribution < -0.4 is 48.0 Å². The van der Waals surface area contributed by atoms with Crippen LogP contribution in [0.3, 0.4) is 0 Å². The van der Waals surface area contributed by atoms with Crippen molar-refractivity contribution in [3.05, 3.63) is 0 Å². The summed E-state index contributed by atoms with van der Waals surface area (Å²) in [6.45, 7) is 10.6. The second-order valence-corrected chi connectivity index (χ2v) is 14.8. The zero-order chi connectivity index (χ0) is 29.3. The third-order valence-corrected chi connectivity index (χ3v) is 8.17. The highest BCUT2D eigenvalue weighted by Gasteiger charge is 2.32. The molecule has 0 aromatic heterocycles. The van der Waals surface area contributed by atoms with Gasteiger partial charge in [-0.05, 0) is 38.5 Å². The van der Waals surface area contributed by atoms with Crippen LogP contribution in [0.15, 0.2) is 0 Å². The normalized spacial score (nSPS) is 12.3. The van der Waals surface area contributed by atoms with Gasteiger partial charge < -0.3 is 66.4 Å². The molecule has 0 radical (unpaired) electrons. The van der Waals surface area contributed by atoms with E-state index in [0.29, 0.717) is 0 Å². The number of nitrogens with zero attached hydrogens (tertiary/aromatic N) is 2. The van der Waals surface area contributed by atoms with Crippen molar-refractivity contribution in [1.82, 2.24) is 0 Å². The monoisotopic (exact) mass is 810 g/mol. The molecule has 0 saturated heterocycles. The largest absolute Gasteiger partial charge is 1.00 e. The highest BCUT2D eigenvalue weighted by atomic mass is 127. The molecule has 4 nitrogen and oxygen atoms in total. The number of unbranched alkanes of at least 4 members (excludes halogenated alkanes) is 14. The van der Waals surface area contributed by atoms with E-state index in [0.717, 1.165) is 35.4 Å². The zero-order valence-corrected chi connectivity index (χ0v) is 33.7. The molecule has 0 amide bonds. The Morgan fingerprint density at radius 2 is 0.707 bits per heavy atom. The van der Waals surface area contributed by atoms with Crippen LogP contribution >= 0.6 is 0 Å². The summed E-state index contributed by atoms with van der Waals surface area (Å²) in [5.41, 5.74) is 0.157. The van der Waals surface area contributed by atoms with Crippen molar-refractivity contribution in [3.63, 3.8) is 0 Å². The molecule has 0 aliphatic carbocycles. The van der Waals surface area contributed by atoms with Gasteiger partial charge in [-0.2, -0.15) is 0 Å². The Labute approximate surface area is 294 Å². The van der Waals surface area contributed by atoms with E-state index in [2.05, 4.69) is 56.1 Å². The van der Waals surface area contributed by atoms with Crippen molar-refractivity contribution in [2.75, 3.05) is 81.8 Å². The minimum atomic E-state index is 0. The molecule has 0 N–H and O–H groups in total. The lowest BCUT2D eigenvalue weighted by molar-refractivity contribution is -0.871. The van der Waals surface area contributed by atoms with E-state index < -0.39 is 0 Å².